The highest BCUT2D eigenvalue weighted by Gasteiger charge is 2.19. The monoisotopic (exact) mass is 677 g/mol. The average Bonchev–Trinajstić information content (AvgIpc) is 3.07. The number of aliphatic carboxylic acids is 1. The molecule has 4 N–H and O–H groups in total. The van der Waals surface area contributed by atoms with Crippen LogP contribution < -0.4 is 11.1 Å². The quantitative estimate of drug-likeness (QED) is 0.0345. The number of hydrogen-bond acceptors (Lipinski definition) is 5. The summed E-state index contributed by atoms with van der Waals surface area (Å²) in [5.41, 5.74) is 5.47. The minimum atomic E-state index is -1.01. The third kappa shape index (κ3) is 32.4. The van der Waals surface area contributed by atoms with E-state index >= 15 is 0 Å². The number of nitrogens with one attached hydrogen (secondary N) is 1. The van der Waals surface area contributed by atoms with Crippen LogP contribution in [-0.4, -0.2) is 41.6 Å². The summed E-state index contributed by atoms with van der Waals surface area (Å²) in [5.74, 6) is -1.27. The highest BCUT2D eigenvalue weighted by molar-refractivity contribution is 5.83. The molecule has 0 spiro atoms. The van der Waals surface area contributed by atoms with Crippen LogP contribution in [0.15, 0.2) is 24.3 Å². The first-order valence-electron chi connectivity index (χ1n) is 20.2. The molecule has 0 heterocycles. The van der Waals surface area contributed by atoms with E-state index < -0.39 is 12.0 Å². The summed E-state index contributed by atoms with van der Waals surface area (Å²) >= 11 is 0. The molecule has 7 heteroatoms. The van der Waals surface area contributed by atoms with Crippen LogP contribution in [-0.2, 0) is 19.1 Å². The Labute approximate surface area is 295 Å². The lowest BCUT2D eigenvalue weighted by Crippen LogP contribution is -2.40. The van der Waals surface area contributed by atoms with Gasteiger partial charge in [-0.3, -0.25) is 9.59 Å². The van der Waals surface area contributed by atoms with Crippen LogP contribution in [0.4, 0.5) is 0 Å². The Bertz CT molecular complexity index is 813. The summed E-state index contributed by atoms with van der Waals surface area (Å²) in [4.78, 5) is 36.1. The zero-order valence-corrected chi connectivity index (χ0v) is 31.3. The molecule has 0 rings (SSSR count). The van der Waals surface area contributed by atoms with Gasteiger partial charge in [0, 0.05) is 12.8 Å². The van der Waals surface area contributed by atoms with E-state index in [4.69, 9.17) is 10.5 Å². The Morgan fingerprint density at radius 3 is 1.62 bits per heavy atom. The third-order valence-corrected chi connectivity index (χ3v) is 9.02. The van der Waals surface area contributed by atoms with Crippen molar-refractivity contribution in [2.75, 3.05) is 6.54 Å². The van der Waals surface area contributed by atoms with Crippen LogP contribution in [0.1, 0.15) is 200 Å². The van der Waals surface area contributed by atoms with Crippen molar-refractivity contribution in [3.05, 3.63) is 24.3 Å². The highest BCUT2D eigenvalue weighted by Crippen LogP contribution is 2.18. The number of hydrogen-bond donors (Lipinski definition) is 3. The zero-order chi connectivity index (χ0) is 35.3. The van der Waals surface area contributed by atoms with E-state index in [-0.39, 0.29) is 18.0 Å². The van der Waals surface area contributed by atoms with Crippen LogP contribution in [0.5, 0.6) is 0 Å². The standard InChI is InChI=1S/C41H76N2O5/c1-3-5-7-9-10-11-12-13-14-15-16-17-18-19-20-21-23-29-35-40(45)48-37(31-26-22-8-6-4-2)32-27-24-25-28-34-39(44)43-38(41(46)47)33-30-36-42/h11-12,14-15,37-38H,3-10,13,16-36,42H2,1-2H3,(H,43,44)(H,46,47)/b12-11-,15-14-. The number of amides is 1. The predicted octanol–water partition coefficient (Wildman–Crippen LogP) is 10.9. The number of rotatable bonds is 36. The van der Waals surface area contributed by atoms with E-state index in [1.54, 1.807) is 0 Å². The first kappa shape index (κ1) is 45.9. The van der Waals surface area contributed by atoms with E-state index in [2.05, 4.69) is 43.5 Å². The van der Waals surface area contributed by atoms with Gasteiger partial charge >= 0.3 is 11.9 Å². The van der Waals surface area contributed by atoms with Crippen molar-refractivity contribution in [2.24, 2.45) is 5.73 Å². The SMILES string of the molecule is CCCCCC/C=C\C/C=C\CCCCCCCCCC(=O)OC(CCCCCCC)CCCCCCC(=O)NC(CCCN)C(=O)O. The molecule has 48 heavy (non-hydrogen) atoms. The van der Waals surface area contributed by atoms with Crippen molar-refractivity contribution < 1.29 is 24.2 Å². The maximum absolute atomic E-state index is 12.6. The third-order valence-electron chi connectivity index (χ3n) is 9.02. The summed E-state index contributed by atoms with van der Waals surface area (Å²) < 4.78 is 5.96. The molecule has 2 atom stereocenters. The van der Waals surface area contributed by atoms with Gasteiger partial charge in [-0.15, -0.1) is 0 Å². The van der Waals surface area contributed by atoms with Gasteiger partial charge in [0.2, 0.25) is 5.91 Å². The fraction of sp³-hybridized carbons (Fsp3) is 0.829. The number of ether oxygens (including phenoxy) is 1. The van der Waals surface area contributed by atoms with Crippen molar-refractivity contribution in [3.63, 3.8) is 0 Å². The number of unbranched alkanes of at least 4 members (excludes halogenated alkanes) is 18. The fourth-order valence-electron chi connectivity index (χ4n) is 5.95. The maximum Gasteiger partial charge on any atom is 0.326 e. The molecular formula is C41H76N2O5. The lowest BCUT2D eigenvalue weighted by atomic mass is 10.0. The molecule has 7 nitrogen and oxygen atoms in total. The van der Waals surface area contributed by atoms with Gasteiger partial charge in [-0.05, 0) is 90.0 Å². The van der Waals surface area contributed by atoms with Crippen molar-refractivity contribution in [2.45, 2.75) is 212 Å². The van der Waals surface area contributed by atoms with Gasteiger partial charge in [0.1, 0.15) is 12.1 Å². The van der Waals surface area contributed by atoms with E-state index in [1.807, 2.05) is 0 Å². The van der Waals surface area contributed by atoms with Gasteiger partial charge in [0.15, 0.2) is 0 Å². The molecule has 0 radical (unpaired) electrons. The Hall–Kier alpha value is -2.15. The molecule has 1 amide bonds. The van der Waals surface area contributed by atoms with Crippen molar-refractivity contribution >= 4 is 17.8 Å². The second-order valence-corrected chi connectivity index (χ2v) is 13.7. The van der Waals surface area contributed by atoms with Gasteiger partial charge < -0.3 is 20.9 Å². The molecule has 0 saturated heterocycles. The van der Waals surface area contributed by atoms with Gasteiger partial charge in [-0.25, -0.2) is 4.79 Å². The normalized spacial score (nSPS) is 12.9. The van der Waals surface area contributed by atoms with Gasteiger partial charge in [0.25, 0.3) is 0 Å². The van der Waals surface area contributed by atoms with Gasteiger partial charge in [-0.2, -0.15) is 0 Å². The second-order valence-electron chi connectivity index (χ2n) is 13.7. The highest BCUT2D eigenvalue weighted by atomic mass is 16.5. The predicted molar refractivity (Wildman–Crippen MR) is 202 cm³/mol. The summed E-state index contributed by atoms with van der Waals surface area (Å²) in [6, 6.07) is -0.862. The largest absolute Gasteiger partial charge is 0.480 e. The number of carbonyl (C=O) groups is 3. The minimum absolute atomic E-state index is 0.0121. The fourth-order valence-corrected chi connectivity index (χ4v) is 5.95. The minimum Gasteiger partial charge on any atom is -0.480 e. The van der Waals surface area contributed by atoms with E-state index in [1.165, 1.54) is 96.3 Å². The molecule has 2 unspecified atom stereocenters. The number of carboxylic acids is 1. The number of allylic oxidation sites excluding steroid dienone is 4. The first-order valence-corrected chi connectivity index (χ1v) is 20.2. The van der Waals surface area contributed by atoms with Crippen LogP contribution in [0.25, 0.3) is 0 Å². The summed E-state index contributed by atoms with van der Waals surface area (Å²) in [5, 5.41) is 11.9. The summed E-state index contributed by atoms with van der Waals surface area (Å²) in [6.45, 7) is 4.88. The molecule has 280 valence electrons. The van der Waals surface area contributed by atoms with E-state index in [9.17, 15) is 19.5 Å². The molecular weight excluding hydrogens is 600 g/mol. The van der Waals surface area contributed by atoms with Crippen LogP contribution in [0.2, 0.25) is 0 Å². The van der Waals surface area contributed by atoms with Gasteiger partial charge in [-0.1, -0.05) is 128 Å². The van der Waals surface area contributed by atoms with E-state index in [0.29, 0.717) is 32.2 Å². The molecule has 0 fully saturated rings. The number of esters is 1. The Morgan fingerprint density at radius 1 is 0.604 bits per heavy atom. The lowest BCUT2D eigenvalue weighted by molar-refractivity contribution is -0.150. The molecule has 0 aromatic carbocycles. The number of carbonyl (C=O) groups excluding carboxylic acids is 2. The smallest absolute Gasteiger partial charge is 0.326 e. The Balaban J connectivity index is 4.07. The molecule has 0 aliphatic heterocycles. The van der Waals surface area contributed by atoms with Gasteiger partial charge in [0.05, 0.1) is 0 Å². The molecule has 0 aliphatic rings. The molecule has 0 aliphatic carbocycles. The Morgan fingerprint density at radius 2 is 1.08 bits per heavy atom. The van der Waals surface area contributed by atoms with Crippen LogP contribution >= 0.6 is 0 Å². The zero-order valence-electron chi connectivity index (χ0n) is 31.3. The number of nitrogens with two attached hydrogens (primary N) is 1. The molecule has 0 bridgehead atoms. The van der Waals surface area contributed by atoms with Crippen LogP contribution in [0.3, 0.4) is 0 Å². The van der Waals surface area contributed by atoms with Crippen LogP contribution in [0, 0.1) is 0 Å². The summed E-state index contributed by atoms with van der Waals surface area (Å²) in [7, 11) is 0. The lowest BCUT2D eigenvalue weighted by Gasteiger charge is -2.18. The second kappa shape index (κ2) is 36.1. The first-order chi connectivity index (χ1) is 23.4. The topological polar surface area (TPSA) is 119 Å². The van der Waals surface area contributed by atoms with Crippen molar-refractivity contribution in [1.82, 2.24) is 5.32 Å². The average molecular weight is 677 g/mol. The molecule has 0 aromatic rings. The Kier molecular flexibility index (Phi) is 34.5. The molecule has 0 saturated carbocycles. The molecule has 0 aromatic heterocycles. The summed E-state index contributed by atoms with van der Waals surface area (Å²) in [6.07, 6.45) is 39.5. The van der Waals surface area contributed by atoms with E-state index in [0.717, 1.165) is 64.2 Å². The maximum atomic E-state index is 12.6. The number of carboxylic acid groups (broad SMARTS) is 1. The van der Waals surface area contributed by atoms with Crippen molar-refractivity contribution in [3.8, 4) is 0 Å². The van der Waals surface area contributed by atoms with Crippen molar-refractivity contribution in [1.29, 1.82) is 0 Å².